The average molecular weight is 305 g/mol. The Kier molecular flexibility index (Phi) is 6.39. The van der Waals surface area contributed by atoms with Crippen LogP contribution in [0, 0.1) is 23.2 Å². The largest absolute Gasteiger partial charge is 0.320 e. The lowest BCUT2D eigenvalue weighted by atomic mass is 10.1. The van der Waals surface area contributed by atoms with Gasteiger partial charge in [-0.1, -0.05) is 30.9 Å². The molecule has 1 rings (SSSR count). The van der Waals surface area contributed by atoms with E-state index in [1.807, 2.05) is 24.3 Å². The molecule has 0 aliphatic carbocycles. The van der Waals surface area contributed by atoms with Gasteiger partial charge in [-0.05, 0) is 31.0 Å². The van der Waals surface area contributed by atoms with E-state index in [1.165, 1.54) is 0 Å². The van der Waals surface area contributed by atoms with Gasteiger partial charge in [-0.2, -0.15) is 5.26 Å². The van der Waals surface area contributed by atoms with Gasteiger partial charge in [0.2, 0.25) is 10.0 Å². The first-order chi connectivity index (χ1) is 9.94. The summed E-state index contributed by atoms with van der Waals surface area (Å²) in [6.45, 7) is 3.67. The van der Waals surface area contributed by atoms with Crippen LogP contribution in [-0.4, -0.2) is 20.2 Å². The second-order valence-corrected chi connectivity index (χ2v) is 6.44. The Morgan fingerprint density at radius 3 is 2.71 bits per heavy atom. The van der Waals surface area contributed by atoms with Crippen LogP contribution < -0.4 is 10.5 Å². The lowest BCUT2D eigenvalue weighted by Crippen LogP contribution is -2.34. The summed E-state index contributed by atoms with van der Waals surface area (Å²) in [6.07, 6.45) is 0.251. The molecule has 2 unspecified atom stereocenters. The van der Waals surface area contributed by atoms with E-state index in [0.29, 0.717) is 0 Å². The Morgan fingerprint density at radius 1 is 1.43 bits per heavy atom. The van der Waals surface area contributed by atoms with Crippen molar-refractivity contribution in [2.24, 2.45) is 5.73 Å². The molecule has 112 valence electrons. The summed E-state index contributed by atoms with van der Waals surface area (Å²) in [7, 11) is -3.67. The van der Waals surface area contributed by atoms with Crippen LogP contribution in [0.4, 0.5) is 0 Å². The highest BCUT2D eigenvalue weighted by atomic mass is 32.2. The van der Waals surface area contributed by atoms with E-state index in [2.05, 4.69) is 16.6 Å². The molecule has 0 aromatic heterocycles. The highest BCUT2D eigenvalue weighted by Crippen LogP contribution is 2.16. The minimum Gasteiger partial charge on any atom is -0.320 e. The Morgan fingerprint density at radius 2 is 2.14 bits per heavy atom. The van der Waals surface area contributed by atoms with E-state index in [1.54, 1.807) is 19.9 Å². The third kappa shape index (κ3) is 4.87. The number of sulfonamides is 1. The third-order valence-corrected chi connectivity index (χ3v) is 4.82. The van der Waals surface area contributed by atoms with E-state index in [-0.39, 0.29) is 13.0 Å². The molecule has 21 heavy (non-hydrogen) atoms. The predicted molar refractivity (Wildman–Crippen MR) is 82.5 cm³/mol. The first kappa shape index (κ1) is 17.2. The van der Waals surface area contributed by atoms with Crippen LogP contribution in [0.15, 0.2) is 24.3 Å². The van der Waals surface area contributed by atoms with Crippen molar-refractivity contribution < 1.29 is 8.42 Å². The second kappa shape index (κ2) is 7.80. The molecule has 0 bridgehead atoms. The number of nitrogens with one attached hydrogen (secondary N) is 1. The van der Waals surface area contributed by atoms with Gasteiger partial charge in [-0.15, -0.1) is 0 Å². The van der Waals surface area contributed by atoms with Gasteiger partial charge in [0.15, 0.2) is 5.25 Å². The standard InChI is InChI=1S/C15H19N3O2S/c1-3-15(11-17)21(19,20)18-12(2)14-8-4-6-13(10-14)7-5-9-16/h4,6,8,10,12,15,18H,3,9,16H2,1-2H3. The highest BCUT2D eigenvalue weighted by Gasteiger charge is 2.25. The fourth-order valence-corrected chi connectivity index (χ4v) is 3.19. The minimum absolute atomic E-state index is 0.251. The molecule has 0 fully saturated rings. The van der Waals surface area contributed by atoms with Crippen molar-refractivity contribution in [1.82, 2.24) is 4.72 Å². The Bertz CT molecular complexity index is 681. The van der Waals surface area contributed by atoms with Crippen molar-refractivity contribution in [3.8, 4) is 17.9 Å². The first-order valence-electron chi connectivity index (χ1n) is 6.64. The molecule has 0 saturated carbocycles. The van der Waals surface area contributed by atoms with E-state index in [9.17, 15) is 8.42 Å². The highest BCUT2D eigenvalue weighted by molar-refractivity contribution is 7.90. The molecule has 3 N–H and O–H groups in total. The van der Waals surface area contributed by atoms with Crippen LogP contribution in [0.2, 0.25) is 0 Å². The van der Waals surface area contributed by atoms with Gasteiger partial charge in [-0.25, -0.2) is 13.1 Å². The number of benzene rings is 1. The molecule has 5 nitrogen and oxygen atoms in total. The molecule has 0 heterocycles. The van der Waals surface area contributed by atoms with Crippen molar-refractivity contribution in [2.45, 2.75) is 31.6 Å². The van der Waals surface area contributed by atoms with Crippen LogP contribution in [0.3, 0.4) is 0 Å². The van der Waals surface area contributed by atoms with Crippen molar-refractivity contribution in [3.05, 3.63) is 35.4 Å². The minimum atomic E-state index is -3.67. The molecular weight excluding hydrogens is 286 g/mol. The molecule has 0 amide bonds. The normalized spacial score (nSPS) is 13.6. The van der Waals surface area contributed by atoms with Crippen LogP contribution >= 0.6 is 0 Å². The van der Waals surface area contributed by atoms with E-state index in [0.717, 1.165) is 11.1 Å². The van der Waals surface area contributed by atoms with Crippen LogP contribution in [-0.2, 0) is 10.0 Å². The van der Waals surface area contributed by atoms with Crippen LogP contribution in [0.1, 0.15) is 37.4 Å². The predicted octanol–water partition coefficient (Wildman–Crippen LogP) is 1.28. The molecule has 0 spiro atoms. The topological polar surface area (TPSA) is 96.0 Å². The molecule has 0 radical (unpaired) electrons. The third-order valence-electron chi connectivity index (χ3n) is 2.95. The number of nitrogens with two attached hydrogens (primary N) is 1. The number of nitriles is 1. The molecule has 0 aliphatic heterocycles. The summed E-state index contributed by atoms with van der Waals surface area (Å²) in [6, 6.07) is 8.63. The number of nitrogens with zero attached hydrogens (tertiary/aromatic N) is 1. The maximum absolute atomic E-state index is 12.1. The molecule has 2 atom stereocenters. The van der Waals surface area contributed by atoms with Gasteiger partial charge < -0.3 is 5.73 Å². The van der Waals surface area contributed by atoms with Gasteiger partial charge in [0.1, 0.15) is 0 Å². The average Bonchev–Trinajstić information content (AvgIpc) is 2.45. The van der Waals surface area contributed by atoms with Gasteiger partial charge >= 0.3 is 0 Å². The van der Waals surface area contributed by atoms with E-state index >= 15 is 0 Å². The van der Waals surface area contributed by atoms with Crippen molar-refractivity contribution in [3.63, 3.8) is 0 Å². The SMILES string of the molecule is CCC(C#N)S(=O)(=O)NC(C)c1cccc(C#CCN)c1. The van der Waals surface area contributed by atoms with Crippen molar-refractivity contribution in [1.29, 1.82) is 5.26 Å². The lowest BCUT2D eigenvalue weighted by Gasteiger charge is -2.17. The zero-order valence-electron chi connectivity index (χ0n) is 12.1. The summed E-state index contributed by atoms with van der Waals surface area (Å²) in [5.74, 6) is 5.65. The molecule has 1 aromatic carbocycles. The first-order valence-corrected chi connectivity index (χ1v) is 8.18. The van der Waals surface area contributed by atoms with Gasteiger partial charge in [0, 0.05) is 11.6 Å². The van der Waals surface area contributed by atoms with Gasteiger partial charge in [0.25, 0.3) is 0 Å². The quantitative estimate of drug-likeness (QED) is 0.801. The summed E-state index contributed by atoms with van der Waals surface area (Å²) >= 11 is 0. The van der Waals surface area contributed by atoms with Gasteiger partial charge in [-0.3, -0.25) is 0 Å². The van der Waals surface area contributed by atoms with Crippen molar-refractivity contribution in [2.75, 3.05) is 6.54 Å². The number of hydrogen-bond donors (Lipinski definition) is 2. The Labute approximate surface area is 126 Å². The lowest BCUT2D eigenvalue weighted by molar-refractivity contribution is 0.558. The molecule has 0 saturated heterocycles. The Balaban J connectivity index is 2.95. The number of rotatable bonds is 5. The molecule has 1 aromatic rings. The van der Waals surface area contributed by atoms with Gasteiger partial charge in [0.05, 0.1) is 12.6 Å². The zero-order valence-corrected chi connectivity index (χ0v) is 12.9. The van der Waals surface area contributed by atoms with Crippen molar-refractivity contribution >= 4 is 10.0 Å². The number of hydrogen-bond acceptors (Lipinski definition) is 4. The van der Waals surface area contributed by atoms with Crippen LogP contribution in [0.5, 0.6) is 0 Å². The second-order valence-electron chi connectivity index (χ2n) is 4.54. The molecular formula is C15H19N3O2S. The zero-order chi connectivity index (χ0) is 15.9. The smallest absolute Gasteiger partial charge is 0.228 e. The van der Waals surface area contributed by atoms with E-state index in [4.69, 9.17) is 11.0 Å². The molecule has 6 heteroatoms. The molecule has 0 aliphatic rings. The van der Waals surface area contributed by atoms with Crippen LogP contribution in [0.25, 0.3) is 0 Å². The summed E-state index contributed by atoms with van der Waals surface area (Å²) < 4.78 is 26.6. The van der Waals surface area contributed by atoms with E-state index < -0.39 is 21.3 Å². The maximum Gasteiger partial charge on any atom is 0.228 e. The summed E-state index contributed by atoms with van der Waals surface area (Å²) in [4.78, 5) is 0. The fourth-order valence-electron chi connectivity index (χ4n) is 1.82. The Hall–Kier alpha value is -1.86. The summed E-state index contributed by atoms with van der Waals surface area (Å²) in [5, 5.41) is 7.85. The monoisotopic (exact) mass is 305 g/mol. The summed E-state index contributed by atoms with van der Waals surface area (Å²) in [5.41, 5.74) is 6.89. The maximum atomic E-state index is 12.1. The fraction of sp³-hybridized carbons (Fsp3) is 0.400.